The van der Waals surface area contributed by atoms with Crippen molar-refractivity contribution in [3.8, 4) is 0 Å². The van der Waals surface area contributed by atoms with Crippen LogP contribution >= 0.6 is 0 Å². The monoisotopic (exact) mass is 276 g/mol. The highest BCUT2D eigenvalue weighted by atomic mass is 16.4. The van der Waals surface area contributed by atoms with Crippen molar-refractivity contribution < 1.29 is 19.5 Å². The van der Waals surface area contributed by atoms with Gasteiger partial charge in [0.25, 0.3) is 5.91 Å². The fourth-order valence-electron chi connectivity index (χ4n) is 2.15. The predicted octanol–water partition coefficient (Wildman–Crippen LogP) is 0.974. The molecule has 1 aromatic rings. The number of carbonyl (C=O) groups excluding carboxylic acids is 2. The van der Waals surface area contributed by atoms with Crippen molar-refractivity contribution in [2.24, 2.45) is 5.92 Å². The first-order chi connectivity index (χ1) is 9.38. The molecule has 20 heavy (non-hydrogen) atoms. The lowest BCUT2D eigenvalue weighted by Crippen LogP contribution is -2.33. The number of fused-ring (bicyclic) bond motifs is 1. The molecule has 1 aliphatic rings. The van der Waals surface area contributed by atoms with E-state index in [9.17, 15) is 14.4 Å². The normalized spacial score (nSPS) is 14.4. The average Bonchev–Trinajstić information content (AvgIpc) is 2.76. The Balaban J connectivity index is 2.12. The number of hydrogen-bond donors (Lipinski definition) is 2. The first-order valence-electron chi connectivity index (χ1n) is 6.29. The maximum atomic E-state index is 12.2. The summed E-state index contributed by atoms with van der Waals surface area (Å²) >= 11 is 0. The zero-order valence-corrected chi connectivity index (χ0v) is 11.3. The summed E-state index contributed by atoms with van der Waals surface area (Å²) in [7, 11) is 1.57. The van der Waals surface area contributed by atoms with Gasteiger partial charge in [0.15, 0.2) is 0 Å². The van der Waals surface area contributed by atoms with Crippen LogP contribution in [0.4, 0.5) is 5.69 Å². The smallest absolute Gasteiger partial charge is 0.308 e. The number of hydrogen-bond acceptors (Lipinski definition) is 3. The quantitative estimate of drug-likeness (QED) is 0.858. The zero-order chi connectivity index (χ0) is 14.9. The third-order valence-corrected chi connectivity index (χ3v) is 3.29. The number of carboxylic acids is 1. The predicted molar refractivity (Wildman–Crippen MR) is 72.5 cm³/mol. The summed E-state index contributed by atoms with van der Waals surface area (Å²) in [6, 6.07) is 5.01. The molecule has 6 nitrogen and oxygen atoms in total. The van der Waals surface area contributed by atoms with E-state index < -0.39 is 11.9 Å². The first kappa shape index (κ1) is 14.0. The molecule has 1 aromatic carbocycles. The molecule has 0 fully saturated rings. The highest BCUT2D eigenvalue weighted by molar-refractivity contribution is 6.01. The van der Waals surface area contributed by atoms with Gasteiger partial charge in [0.2, 0.25) is 5.91 Å². The van der Waals surface area contributed by atoms with Crippen LogP contribution in [-0.4, -0.2) is 41.4 Å². The van der Waals surface area contributed by atoms with E-state index in [1.54, 1.807) is 32.2 Å². The lowest BCUT2D eigenvalue weighted by molar-refractivity contribution is -0.141. The van der Waals surface area contributed by atoms with Crippen LogP contribution in [0.3, 0.4) is 0 Å². The SMILES string of the molecule is CC(CN(C)C(=O)c1ccc2c(c1)CC(=O)N2)C(=O)O. The minimum Gasteiger partial charge on any atom is -0.481 e. The third kappa shape index (κ3) is 2.79. The van der Waals surface area contributed by atoms with Gasteiger partial charge in [0.05, 0.1) is 12.3 Å². The third-order valence-electron chi connectivity index (χ3n) is 3.29. The lowest BCUT2D eigenvalue weighted by Gasteiger charge is -2.19. The van der Waals surface area contributed by atoms with Crippen LogP contribution in [0.15, 0.2) is 18.2 Å². The first-order valence-corrected chi connectivity index (χ1v) is 6.29. The van der Waals surface area contributed by atoms with Crippen LogP contribution in [0.1, 0.15) is 22.8 Å². The van der Waals surface area contributed by atoms with Crippen molar-refractivity contribution in [1.82, 2.24) is 4.90 Å². The molecule has 0 saturated heterocycles. The van der Waals surface area contributed by atoms with E-state index in [0.29, 0.717) is 5.56 Å². The Morgan fingerprint density at radius 3 is 2.80 bits per heavy atom. The minimum absolute atomic E-state index is 0.0857. The molecular weight excluding hydrogens is 260 g/mol. The molecule has 0 radical (unpaired) electrons. The summed E-state index contributed by atoms with van der Waals surface area (Å²) in [5.41, 5.74) is 1.98. The van der Waals surface area contributed by atoms with Crippen LogP contribution in [0.25, 0.3) is 0 Å². The van der Waals surface area contributed by atoms with E-state index >= 15 is 0 Å². The number of nitrogens with one attached hydrogen (secondary N) is 1. The van der Waals surface area contributed by atoms with Gasteiger partial charge in [0, 0.05) is 24.8 Å². The van der Waals surface area contributed by atoms with Gasteiger partial charge < -0.3 is 15.3 Å². The van der Waals surface area contributed by atoms with Crippen molar-refractivity contribution in [1.29, 1.82) is 0 Å². The number of benzene rings is 1. The molecule has 2 rings (SSSR count). The number of carboxylic acid groups (broad SMARTS) is 1. The lowest BCUT2D eigenvalue weighted by atomic mass is 10.1. The van der Waals surface area contributed by atoms with Crippen LogP contribution in [0.5, 0.6) is 0 Å². The molecule has 1 atom stereocenters. The van der Waals surface area contributed by atoms with Gasteiger partial charge in [-0.05, 0) is 23.8 Å². The van der Waals surface area contributed by atoms with Gasteiger partial charge in [-0.15, -0.1) is 0 Å². The van der Waals surface area contributed by atoms with Gasteiger partial charge in [-0.3, -0.25) is 14.4 Å². The zero-order valence-electron chi connectivity index (χ0n) is 11.3. The van der Waals surface area contributed by atoms with E-state index in [0.717, 1.165) is 11.3 Å². The van der Waals surface area contributed by atoms with Crippen LogP contribution in [-0.2, 0) is 16.0 Å². The summed E-state index contributed by atoms with van der Waals surface area (Å²) in [6.07, 6.45) is 0.270. The number of anilines is 1. The Morgan fingerprint density at radius 2 is 2.15 bits per heavy atom. The average molecular weight is 276 g/mol. The van der Waals surface area contributed by atoms with E-state index in [1.165, 1.54) is 4.90 Å². The maximum Gasteiger partial charge on any atom is 0.308 e. The second kappa shape index (κ2) is 5.32. The van der Waals surface area contributed by atoms with Gasteiger partial charge in [-0.25, -0.2) is 0 Å². The fraction of sp³-hybridized carbons (Fsp3) is 0.357. The molecular formula is C14H16N2O4. The summed E-state index contributed by atoms with van der Waals surface area (Å²) in [4.78, 5) is 35.7. The van der Waals surface area contributed by atoms with Crippen molar-refractivity contribution >= 4 is 23.5 Å². The van der Waals surface area contributed by atoms with Crippen molar-refractivity contribution in [2.75, 3.05) is 18.9 Å². The highest BCUT2D eigenvalue weighted by Gasteiger charge is 2.22. The fourth-order valence-corrected chi connectivity index (χ4v) is 2.15. The topological polar surface area (TPSA) is 86.7 Å². The largest absolute Gasteiger partial charge is 0.481 e. The van der Waals surface area contributed by atoms with E-state index in [1.807, 2.05) is 0 Å². The second-order valence-corrected chi connectivity index (χ2v) is 5.02. The van der Waals surface area contributed by atoms with Crippen molar-refractivity contribution in [3.05, 3.63) is 29.3 Å². The molecule has 0 saturated carbocycles. The second-order valence-electron chi connectivity index (χ2n) is 5.02. The molecule has 1 unspecified atom stereocenters. The highest BCUT2D eigenvalue weighted by Crippen LogP contribution is 2.24. The van der Waals surface area contributed by atoms with Crippen molar-refractivity contribution in [2.45, 2.75) is 13.3 Å². The number of amides is 2. The molecule has 0 aliphatic carbocycles. The number of rotatable bonds is 4. The summed E-state index contributed by atoms with van der Waals surface area (Å²) in [5.74, 6) is -1.90. The standard InChI is InChI=1S/C14H16N2O4/c1-8(14(19)20)7-16(2)13(18)9-3-4-11-10(5-9)6-12(17)15-11/h3-5,8H,6-7H2,1-2H3,(H,15,17)(H,19,20). The molecule has 1 heterocycles. The van der Waals surface area contributed by atoms with Crippen LogP contribution in [0.2, 0.25) is 0 Å². The van der Waals surface area contributed by atoms with Crippen LogP contribution < -0.4 is 5.32 Å². The Morgan fingerprint density at radius 1 is 1.45 bits per heavy atom. The van der Waals surface area contributed by atoms with E-state index in [2.05, 4.69) is 5.32 Å². The van der Waals surface area contributed by atoms with Gasteiger partial charge in [0.1, 0.15) is 0 Å². The van der Waals surface area contributed by atoms with Crippen LogP contribution in [0, 0.1) is 5.92 Å². The van der Waals surface area contributed by atoms with Gasteiger partial charge in [-0.2, -0.15) is 0 Å². The molecule has 106 valence electrons. The summed E-state index contributed by atoms with van der Waals surface area (Å²) < 4.78 is 0. The Bertz CT molecular complexity index is 583. The number of nitrogens with zero attached hydrogens (tertiary/aromatic N) is 1. The number of carbonyl (C=O) groups is 3. The molecule has 2 amide bonds. The molecule has 0 bridgehead atoms. The Labute approximate surface area is 116 Å². The van der Waals surface area contributed by atoms with Gasteiger partial charge in [-0.1, -0.05) is 6.92 Å². The molecule has 6 heteroatoms. The Kier molecular flexibility index (Phi) is 3.74. The molecule has 2 N–H and O–H groups in total. The van der Waals surface area contributed by atoms with Gasteiger partial charge >= 0.3 is 5.97 Å². The molecule has 0 aromatic heterocycles. The Hall–Kier alpha value is -2.37. The van der Waals surface area contributed by atoms with E-state index in [4.69, 9.17) is 5.11 Å². The van der Waals surface area contributed by atoms with E-state index in [-0.39, 0.29) is 24.8 Å². The summed E-state index contributed by atoms with van der Waals surface area (Å²) in [5, 5.41) is 11.6. The minimum atomic E-state index is -0.937. The summed E-state index contributed by atoms with van der Waals surface area (Å²) in [6.45, 7) is 1.69. The maximum absolute atomic E-state index is 12.2. The molecule has 1 aliphatic heterocycles. The number of aliphatic carboxylic acids is 1. The van der Waals surface area contributed by atoms with Crippen molar-refractivity contribution in [3.63, 3.8) is 0 Å². The molecule has 0 spiro atoms.